The highest BCUT2D eigenvalue weighted by atomic mass is 16.5. The van der Waals surface area contributed by atoms with Gasteiger partial charge in [0, 0.05) is 10.8 Å². The third-order valence-corrected chi connectivity index (χ3v) is 14.9. The Morgan fingerprint density at radius 2 is 0.978 bits per heavy atom. The first-order valence-corrected chi connectivity index (χ1v) is 18.1. The Kier molecular flexibility index (Phi) is 9.40. The molecule has 0 heterocycles. The Morgan fingerprint density at radius 3 is 1.30 bits per heavy atom. The van der Waals surface area contributed by atoms with E-state index in [1.807, 2.05) is 0 Å². The zero-order valence-corrected chi connectivity index (χ0v) is 30.0. The van der Waals surface area contributed by atoms with Crippen molar-refractivity contribution >= 4 is 24.5 Å². The minimum absolute atomic E-state index is 0.0365. The van der Waals surface area contributed by atoms with Crippen molar-refractivity contribution in [2.24, 2.45) is 56.2 Å². The second-order valence-electron chi connectivity index (χ2n) is 17.4. The van der Waals surface area contributed by atoms with Gasteiger partial charge >= 0.3 is 11.9 Å². The van der Waals surface area contributed by atoms with Crippen LogP contribution in [0, 0.1) is 56.2 Å². The molecule has 6 aliphatic carbocycles. The summed E-state index contributed by atoms with van der Waals surface area (Å²) in [5.41, 5.74) is 1.78. The molecule has 6 nitrogen and oxygen atoms in total. The van der Waals surface area contributed by atoms with Crippen molar-refractivity contribution in [1.29, 1.82) is 0 Å². The van der Waals surface area contributed by atoms with Gasteiger partial charge in [0.2, 0.25) is 0 Å². The summed E-state index contributed by atoms with van der Waals surface area (Å²) >= 11 is 0. The van der Waals surface area contributed by atoms with Gasteiger partial charge in [0.1, 0.15) is 12.6 Å². The van der Waals surface area contributed by atoms with Gasteiger partial charge in [0.05, 0.1) is 25.0 Å². The van der Waals surface area contributed by atoms with Crippen molar-refractivity contribution in [1.82, 2.24) is 0 Å². The average molecular weight is 637 g/mol. The van der Waals surface area contributed by atoms with Gasteiger partial charge < -0.3 is 19.1 Å². The highest BCUT2D eigenvalue weighted by Gasteiger charge is 2.61. The summed E-state index contributed by atoms with van der Waals surface area (Å²) in [6.45, 7) is 13.1. The van der Waals surface area contributed by atoms with Gasteiger partial charge in [-0.3, -0.25) is 9.59 Å². The van der Waals surface area contributed by atoms with E-state index in [-0.39, 0.29) is 44.4 Å². The van der Waals surface area contributed by atoms with Crippen LogP contribution in [0.15, 0.2) is 23.3 Å². The normalized spacial score (nSPS) is 46.2. The van der Waals surface area contributed by atoms with E-state index in [1.165, 1.54) is 37.9 Å². The topological polar surface area (TPSA) is 86.7 Å². The summed E-state index contributed by atoms with van der Waals surface area (Å²) in [4.78, 5) is 48.6. The summed E-state index contributed by atoms with van der Waals surface area (Å²) < 4.78 is 10.3. The summed E-state index contributed by atoms with van der Waals surface area (Å²) in [5.74, 6) is 1.26. The zero-order chi connectivity index (χ0) is 33.8. The second kappa shape index (κ2) is 12.3. The predicted octanol–water partition coefficient (Wildman–Crippen LogP) is 8.62. The maximum absolute atomic E-state index is 12.5. The van der Waals surface area contributed by atoms with E-state index in [4.69, 9.17) is 9.47 Å². The molecule has 4 saturated carbocycles. The minimum atomic E-state index is -0.386. The molecule has 0 aromatic carbocycles. The van der Waals surface area contributed by atoms with Crippen LogP contribution < -0.4 is 0 Å². The fourth-order valence-electron chi connectivity index (χ4n) is 12.3. The molecule has 46 heavy (non-hydrogen) atoms. The first kappa shape index (κ1) is 35.1. The van der Waals surface area contributed by atoms with Crippen LogP contribution in [0.5, 0.6) is 0 Å². The Hall–Kier alpha value is -2.24. The maximum Gasteiger partial charge on any atom is 0.311 e. The fourth-order valence-corrected chi connectivity index (χ4v) is 12.3. The zero-order valence-electron chi connectivity index (χ0n) is 30.0. The lowest BCUT2D eigenvalue weighted by atomic mass is 9.44. The number of hydrogen-bond donors (Lipinski definition) is 0. The Morgan fingerprint density at radius 1 is 0.609 bits per heavy atom. The van der Waals surface area contributed by atoms with Gasteiger partial charge in [0.25, 0.3) is 0 Å². The van der Waals surface area contributed by atoms with Crippen LogP contribution in [0.1, 0.15) is 131 Å². The Labute approximate surface area is 277 Å². The van der Waals surface area contributed by atoms with E-state index in [9.17, 15) is 19.2 Å². The molecular weight excluding hydrogens is 576 g/mol. The number of esters is 2. The smallest absolute Gasteiger partial charge is 0.311 e. The van der Waals surface area contributed by atoms with Gasteiger partial charge in [-0.05, 0) is 125 Å². The largest absolute Gasteiger partial charge is 0.469 e. The lowest BCUT2D eigenvalue weighted by molar-refractivity contribution is -0.165. The quantitative estimate of drug-likeness (QED) is 0.174. The lowest BCUT2D eigenvalue weighted by Crippen LogP contribution is -2.54. The number of methoxy groups -OCH3 is 2. The molecule has 10 atom stereocenters. The van der Waals surface area contributed by atoms with Crippen LogP contribution in [0.4, 0.5) is 0 Å². The van der Waals surface area contributed by atoms with Gasteiger partial charge in [0.15, 0.2) is 0 Å². The van der Waals surface area contributed by atoms with Crippen LogP contribution >= 0.6 is 0 Å². The molecule has 8 unspecified atom stereocenters. The second-order valence-corrected chi connectivity index (χ2v) is 17.4. The van der Waals surface area contributed by atoms with E-state index in [2.05, 4.69) is 53.7 Å². The highest BCUT2D eigenvalue weighted by molar-refractivity contribution is 5.78. The molecule has 6 aliphatic rings. The summed E-state index contributed by atoms with van der Waals surface area (Å²) in [6.07, 6.45) is 21.3. The number of aldehydes is 2. The van der Waals surface area contributed by atoms with Crippen LogP contribution in [0.3, 0.4) is 0 Å². The third kappa shape index (κ3) is 5.18. The number of hydrogen-bond acceptors (Lipinski definition) is 6. The molecule has 0 amide bonds. The van der Waals surface area contributed by atoms with Crippen LogP contribution in [0.2, 0.25) is 0 Å². The van der Waals surface area contributed by atoms with Crippen molar-refractivity contribution in [3.05, 3.63) is 23.3 Å². The van der Waals surface area contributed by atoms with E-state index < -0.39 is 0 Å². The molecule has 4 fully saturated rings. The summed E-state index contributed by atoms with van der Waals surface area (Å²) in [5, 5.41) is 0. The molecule has 0 aromatic heterocycles. The molecule has 0 aromatic rings. The van der Waals surface area contributed by atoms with Gasteiger partial charge in [-0.25, -0.2) is 0 Å². The summed E-state index contributed by atoms with van der Waals surface area (Å²) in [6, 6.07) is 0. The van der Waals surface area contributed by atoms with Crippen molar-refractivity contribution < 1.29 is 28.7 Å². The SMILES string of the molecule is COC(=O)C1(C)CCCC2(C)C3=CCC[C@@](C)(C=O)C3CCC12.COC(=O)C1(C)CCCC2(C)C3=CCC[C@](C)(C=O)C3CCC12. The Bertz CT molecular complexity index is 1200. The average Bonchev–Trinajstić information content (AvgIpc) is 3.04. The van der Waals surface area contributed by atoms with E-state index >= 15 is 0 Å². The molecule has 0 saturated heterocycles. The van der Waals surface area contributed by atoms with E-state index in [1.54, 1.807) is 0 Å². The molecule has 0 spiro atoms. The summed E-state index contributed by atoms with van der Waals surface area (Å²) in [7, 11) is 3.02. The number of rotatable bonds is 4. The van der Waals surface area contributed by atoms with Gasteiger partial charge in [-0.2, -0.15) is 0 Å². The molecular formula is C40H60O6. The lowest BCUT2D eigenvalue weighted by Gasteiger charge is -2.59. The molecule has 0 aliphatic heterocycles. The van der Waals surface area contributed by atoms with Crippen LogP contribution in [-0.4, -0.2) is 38.7 Å². The van der Waals surface area contributed by atoms with Gasteiger partial charge in [-0.15, -0.1) is 0 Å². The first-order valence-electron chi connectivity index (χ1n) is 18.1. The minimum Gasteiger partial charge on any atom is -0.469 e. The van der Waals surface area contributed by atoms with E-state index in [0.29, 0.717) is 23.7 Å². The molecule has 0 bridgehead atoms. The van der Waals surface area contributed by atoms with E-state index in [0.717, 1.165) is 89.9 Å². The van der Waals surface area contributed by atoms with Crippen LogP contribution in [-0.2, 0) is 28.7 Å². The number of ether oxygens (including phenoxy) is 2. The monoisotopic (exact) mass is 636 g/mol. The molecule has 0 radical (unpaired) electrons. The molecule has 6 rings (SSSR count). The maximum atomic E-state index is 12.5. The van der Waals surface area contributed by atoms with Crippen molar-refractivity contribution in [2.45, 2.75) is 131 Å². The standard InChI is InChI=1S/2C20H30O3/c2*1-18(13-21)10-5-7-15-14(18)8-9-16-19(15,2)11-6-12-20(16,3)17(22)23-4/h2*7,13-14,16H,5-6,8-12H2,1-4H3/t2*14?,16?,18-,19?,20?/m10/s1. The third-order valence-electron chi connectivity index (χ3n) is 14.9. The van der Waals surface area contributed by atoms with Crippen LogP contribution in [0.25, 0.3) is 0 Å². The number of carbonyl (C=O) groups excluding carboxylic acids is 4. The predicted molar refractivity (Wildman–Crippen MR) is 180 cm³/mol. The first-order chi connectivity index (χ1) is 21.6. The molecule has 256 valence electrons. The Balaban J connectivity index is 0.000000181. The van der Waals surface area contributed by atoms with Crippen molar-refractivity contribution in [2.75, 3.05) is 14.2 Å². The van der Waals surface area contributed by atoms with Gasteiger partial charge in [-0.1, -0.05) is 63.8 Å². The van der Waals surface area contributed by atoms with Crippen molar-refractivity contribution in [3.8, 4) is 0 Å². The number of carbonyl (C=O) groups is 4. The molecule has 6 heteroatoms. The van der Waals surface area contributed by atoms with Crippen molar-refractivity contribution in [3.63, 3.8) is 0 Å². The number of fused-ring (bicyclic) bond motifs is 6. The molecule has 0 N–H and O–H groups in total. The fraction of sp³-hybridized carbons (Fsp3) is 0.800. The highest BCUT2D eigenvalue weighted by Crippen LogP contribution is 2.66. The number of allylic oxidation sites excluding steroid dienone is 4.